The highest BCUT2D eigenvalue weighted by molar-refractivity contribution is 6.10. The molecule has 0 N–H and O–H groups in total. The van der Waals surface area contributed by atoms with Crippen molar-refractivity contribution in [2.75, 3.05) is 9.80 Å². The number of rotatable bonds is 9. The van der Waals surface area contributed by atoms with Crippen LogP contribution in [0.25, 0.3) is 71.3 Å². The van der Waals surface area contributed by atoms with E-state index in [0.717, 1.165) is 50.9 Å². The number of nitrogens with zero attached hydrogens (tertiary/aromatic N) is 3. The summed E-state index contributed by atoms with van der Waals surface area (Å²) in [6, 6.07) is 94.6. The van der Waals surface area contributed by atoms with Crippen molar-refractivity contribution < 1.29 is 0 Å². The van der Waals surface area contributed by atoms with Gasteiger partial charge in [-0.25, -0.2) is 0 Å². The number of fused-ring (bicyclic) bond motifs is 5. The first-order chi connectivity index (χ1) is 32.2. The average Bonchev–Trinajstić information content (AvgIpc) is 3.71. The van der Waals surface area contributed by atoms with E-state index in [1.165, 1.54) is 54.5 Å². The number of para-hydroxylation sites is 3. The Morgan fingerprint density at radius 3 is 1.28 bits per heavy atom. The predicted molar refractivity (Wildman–Crippen MR) is 276 cm³/mol. The first-order valence-corrected chi connectivity index (χ1v) is 22.2. The predicted octanol–water partition coefficient (Wildman–Crippen LogP) is 17.4. The molecule has 0 aliphatic carbocycles. The number of benzene rings is 11. The van der Waals surface area contributed by atoms with Crippen molar-refractivity contribution in [1.82, 2.24) is 4.57 Å². The van der Waals surface area contributed by atoms with Crippen LogP contribution in [0.1, 0.15) is 0 Å². The first-order valence-electron chi connectivity index (χ1n) is 22.2. The van der Waals surface area contributed by atoms with Crippen LogP contribution in [0.5, 0.6) is 0 Å². The van der Waals surface area contributed by atoms with Gasteiger partial charge in [0, 0.05) is 50.6 Å². The van der Waals surface area contributed by atoms with Gasteiger partial charge in [-0.1, -0.05) is 164 Å². The second-order valence-electron chi connectivity index (χ2n) is 16.6. The molecule has 1 heterocycles. The molecule has 0 radical (unpaired) electrons. The summed E-state index contributed by atoms with van der Waals surface area (Å²) >= 11 is 0. The van der Waals surface area contributed by atoms with Crippen LogP contribution in [0.2, 0.25) is 0 Å². The molecule has 0 spiro atoms. The summed E-state index contributed by atoms with van der Waals surface area (Å²) in [4.78, 5) is 4.79. The Bertz CT molecular complexity index is 3510. The van der Waals surface area contributed by atoms with Crippen LogP contribution >= 0.6 is 0 Å². The molecule has 0 atom stereocenters. The molecule has 0 saturated carbocycles. The van der Waals surface area contributed by atoms with E-state index in [1.54, 1.807) is 0 Å². The third kappa shape index (κ3) is 7.06. The molecule has 12 rings (SSSR count). The summed E-state index contributed by atoms with van der Waals surface area (Å²) < 4.78 is 2.40. The molecule has 0 bridgehead atoms. The molecule has 0 aliphatic rings. The average molecular weight is 830 g/mol. The third-order valence-electron chi connectivity index (χ3n) is 12.7. The van der Waals surface area contributed by atoms with E-state index in [4.69, 9.17) is 0 Å². The van der Waals surface area contributed by atoms with Gasteiger partial charge in [-0.2, -0.15) is 0 Å². The molecular weight excluding hydrogens is 787 g/mol. The molecular formula is C62H43N3. The van der Waals surface area contributed by atoms with Crippen LogP contribution in [0.3, 0.4) is 0 Å². The maximum atomic E-state index is 2.40. The largest absolute Gasteiger partial charge is 0.310 e. The molecule has 12 aromatic rings. The maximum absolute atomic E-state index is 2.40. The summed E-state index contributed by atoms with van der Waals surface area (Å²) in [5, 5.41) is 7.25. The van der Waals surface area contributed by atoms with Crippen molar-refractivity contribution in [3.63, 3.8) is 0 Å². The molecule has 0 unspecified atom stereocenters. The maximum Gasteiger partial charge on any atom is 0.0541 e. The fraction of sp³-hybridized carbons (Fsp3) is 0. The quantitative estimate of drug-likeness (QED) is 0.144. The van der Waals surface area contributed by atoms with Crippen molar-refractivity contribution in [3.05, 3.63) is 261 Å². The van der Waals surface area contributed by atoms with Gasteiger partial charge in [-0.05, 0) is 141 Å². The third-order valence-corrected chi connectivity index (χ3v) is 12.7. The summed E-state index contributed by atoms with van der Waals surface area (Å²) in [5.74, 6) is 0. The zero-order chi connectivity index (χ0) is 43.1. The Kier molecular flexibility index (Phi) is 9.50. The van der Waals surface area contributed by atoms with Crippen LogP contribution in [0.15, 0.2) is 261 Å². The van der Waals surface area contributed by atoms with Crippen molar-refractivity contribution in [1.29, 1.82) is 0 Å². The second-order valence-corrected chi connectivity index (χ2v) is 16.6. The van der Waals surface area contributed by atoms with Crippen LogP contribution < -0.4 is 9.80 Å². The molecule has 0 fully saturated rings. The van der Waals surface area contributed by atoms with Gasteiger partial charge in [0.25, 0.3) is 0 Å². The van der Waals surface area contributed by atoms with Crippen LogP contribution in [-0.2, 0) is 0 Å². The molecule has 0 saturated heterocycles. The number of hydrogen-bond donors (Lipinski definition) is 0. The van der Waals surface area contributed by atoms with Crippen LogP contribution in [0.4, 0.5) is 34.1 Å². The van der Waals surface area contributed by atoms with Gasteiger partial charge in [0.05, 0.1) is 11.0 Å². The zero-order valence-corrected chi connectivity index (χ0v) is 35.7. The summed E-state index contributed by atoms with van der Waals surface area (Å²) in [6.45, 7) is 0. The van der Waals surface area contributed by atoms with Gasteiger partial charge < -0.3 is 14.4 Å². The minimum absolute atomic E-state index is 1.06. The van der Waals surface area contributed by atoms with Crippen molar-refractivity contribution >= 4 is 77.5 Å². The number of hydrogen-bond acceptors (Lipinski definition) is 2. The van der Waals surface area contributed by atoms with E-state index < -0.39 is 0 Å². The molecule has 0 aliphatic heterocycles. The Morgan fingerprint density at radius 1 is 0.231 bits per heavy atom. The van der Waals surface area contributed by atoms with Crippen molar-refractivity contribution in [2.24, 2.45) is 0 Å². The number of anilines is 6. The lowest BCUT2D eigenvalue weighted by atomic mass is 9.99. The monoisotopic (exact) mass is 829 g/mol. The molecule has 306 valence electrons. The molecule has 11 aromatic carbocycles. The fourth-order valence-corrected chi connectivity index (χ4v) is 9.56. The zero-order valence-electron chi connectivity index (χ0n) is 35.7. The van der Waals surface area contributed by atoms with E-state index in [0.29, 0.717) is 0 Å². The van der Waals surface area contributed by atoms with Gasteiger partial charge in [-0.15, -0.1) is 0 Å². The Hall–Kier alpha value is -8.66. The van der Waals surface area contributed by atoms with E-state index in [1.807, 2.05) is 0 Å². The lowest BCUT2D eigenvalue weighted by Gasteiger charge is -2.30. The number of aromatic nitrogens is 1. The van der Waals surface area contributed by atoms with Gasteiger partial charge in [0.1, 0.15) is 0 Å². The molecule has 1 aromatic heterocycles. The van der Waals surface area contributed by atoms with Crippen molar-refractivity contribution in [2.45, 2.75) is 0 Å². The fourth-order valence-electron chi connectivity index (χ4n) is 9.56. The van der Waals surface area contributed by atoms with E-state index in [-0.39, 0.29) is 0 Å². The second kappa shape index (κ2) is 16.2. The van der Waals surface area contributed by atoms with Gasteiger partial charge in [0.2, 0.25) is 0 Å². The summed E-state index contributed by atoms with van der Waals surface area (Å²) in [6.07, 6.45) is 0. The van der Waals surface area contributed by atoms with Crippen molar-refractivity contribution in [3.8, 4) is 27.9 Å². The lowest BCUT2D eigenvalue weighted by Crippen LogP contribution is -2.13. The Labute approximate surface area is 378 Å². The summed E-state index contributed by atoms with van der Waals surface area (Å²) in [7, 11) is 0. The molecule has 65 heavy (non-hydrogen) atoms. The Morgan fingerprint density at radius 2 is 0.692 bits per heavy atom. The standard InChI is InChI=1S/C62H43N3/c1-4-16-44(17-5-1)47-28-33-54(34-29-47)65-61-27-15-14-26-59(61)60-42-50(32-37-62(60)65)51-40-57(63(52-22-6-2-7-23-52)55-35-30-45-18-10-12-20-48(45)38-55)43-58(41-51)64(53-24-8-3-9-25-53)56-36-31-46-19-11-13-21-49(46)39-56/h1-43H. The minimum atomic E-state index is 1.06. The molecule has 0 amide bonds. The normalized spacial score (nSPS) is 11.4. The van der Waals surface area contributed by atoms with E-state index in [9.17, 15) is 0 Å². The summed E-state index contributed by atoms with van der Waals surface area (Å²) in [5.41, 5.74) is 14.6. The highest BCUT2D eigenvalue weighted by Gasteiger charge is 2.21. The van der Waals surface area contributed by atoms with Gasteiger partial charge in [0.15, 0.2) is 0 Å². The lowest BCUT2D eigenvalue weighted by molar-refractivity contribution is 1.18. The van der Waals surface area contributed by atoms with E-state index in [2.05, 4.69) is 275 Å². The smallest absolute Gasteiger partial charge is 0.0541 e. The Balaban J connectivity index is 1.08. The first kappa shape index (κ1) is 38.0. The minimum Gasteiger partial charge on any atom is -0.310 e. The molecule has 3 heteroatoms. The van der Waals surface area contributed by atoms with Gasteiger partial charge in [-0.3, -0.25) is 0 Å². The van der Waals surface area contributed by atoms with Gasteiger partial charge >= 0.3 is 0 Å². The SMILES string of the molecule is c1ccc(-c2ccc(-n3c4ccccc4c4cc(-c5cc(N(c6ccccc6)c6ccc7ccccc7c6)cc(N(c6ccccc6)c6ccc7ccccc7c6)c5)ccc43)cc2)cc1. The molecule has 3 nitrogen and oxygen atoms in total. The van der Waals surface area contributed by atoms with E-state index >= 15 is 0 Å². The topological polar surface area (TPSA) is 11.4 Å². The van der Waals surface area contributed by atoms with Crippen LogP contribution in [0, 0.1) is 0 Å². The van der Waals surface area contributed by atoms with Crippen LogP contribution in [-0.4, -0.2) is 4.57 Å². The highest BCUT2D eigenvalue weighted by Crippen LogP contribution is 2.45. The highest BCUT2D eigenvalue weighted by atomic mass is 15.2.